The minimum Gasteiger partial charge on any atom is -0.359 e. The maximum Gasteiger partial charge on any atom is 0.242 e. The highest BCUT2D eigenvalue weighted by Crippen LogP contribution is 2.54. The fraction of sp³-hybridized carbons (Fsp3) is 0.208. The molecule has 1 fully saturated rings. The number of benzene rings is 3. The van der Waals surface area contributed by atoms with Gasteiger partial charge in [0.1, 0.15) is 11.5 Å². The van der Waals surface area contributed by atoms with Gasteiger partial charge in [-0.2, -0.15) is 10.1 Å². The molecule has 1 aliphatic heterocycles. The minimum atomic E-state index is -1.88. The Kier molecular flexibility index (Phi) is 4.74. The van der Waals surface area contributed by atoms with E-state index in [9.17, 15) is 10.4 Å². The highest BCUT2D eigenvalue weighted by atomic mass is 17.2. The topological polar surface area (TPSA) is 62.5 Å². The van der Waals surface area contributed by atoms with E-state index < -0.39 is 23.2 Å². The second-order valence-corrected chi connectivity index (χ2v) is 7.20. The number of rotatable bonds is 3. The quantitative estimate of drug-likeness (QED) is 0.682. The van der Waals surface area contributed by atoms with Crippen LogP contribution in [0.25, 0.3) is 0 Å². The van der Waals surface area contributed by atoms with Gasteiger partial charge in [0.15, 0.2) is 0 Å². The van der Waals surface area contributed by atoms with E-state index in [4.69, 9.17) is 9.78 Å². The van der Waals surface area contributed by atoms with Crippen molar-refractivity contribution in [3.8, 4) is 6.07 Å². The molecule has 0 bridgehead atoms. The van der Waals surface area contributed by atoms with E-state index in [-0.39, 0.29) is 0 Å². The zero-order valence-corrected chi connectivity index (χ0v) is 15.5. The summed E-state index contributed by atoms with van der Waals surface area (Å²) in [6, 6.07) is 30.6. The molecule has 4 rings (SSSR count). The van der Waals surface area contributed by atoms with Gasteiger partial charge in [-0.3, -0.25) is 0 Å². The fourth-order valence-corrected chi connectivity index (χ4v) is 4.03. The largest absolute Gasteiger partial charge is 0.359 e. The Balaban J connectivity index is 1.90. The predicted molar refractivity (Wildman–Crippen MR) is 105 cm³/mol. The highest BCUT2D eigenvalue weighted by molar-refractivity contribution is 5.36. The molecule has 1 heterocycles. The molecule has 1 saturated heterocycles. The van der Waals surface area contributed by atoms with Crippen molar-refractivity contribution in [3.05, 3.63) is 108 Å². The molecule has 0 saturated carbocycles. The van der Waals surface area contributed by atoms with Crippen LogP contribution in [-0.2, 0) is 21.2 Å². The highest BCUT2D eigenvalue weighted by Gasteiger charge is 2.59. The van der Waals surface area contributed by atoms with E-state index in [2.05, 4.69) is 6.07 Å². The molecule has 0 aromatic heterocycles. The van der Waals surface area contributed by atoms with Crippen LogP contribution in [-0.4, -0.2) is 5.11 Å². The van der Waals surface area contributed by atoms with Crippen molar-refractivity contribution >= 4 is 0 Å². The normalized spacial score (nSPS) is 29.8. The zero-order valence-electron chi connectivity index (χ0n) is 15.5. The van der Waals surface area contributed by atoms with Crippen LogP contribution in [0.15, 0.2) is 91.0 Å². The van der Waals surface area contributed by atoms with Gasteiger partial charge < -0.3 is 5.11 Å². The van der Waals surface area contributed by atoms with E-state index in [1.165, 1.54) is 0 Å². The lowest BCUT2D eigenvalue weighted by molar-refractivity contribution is -0.510. The van der Waals surface area contributed by atoms with Gasteiger partial charge in [0.2, 0.25) is 5.79 Å². The first-order valence-corrected chi connectivity index (χ1v) is 9.24. The summed E-state index contributed by atoms with van der Waals surface area (Å²) >= 11 is 0. The van der Waals surface area contributed by atoms with Crippen LogP contribution in [0.4, 0.5) is 0 Å². The van der Waals surface area contributed by atoms with Crippen LogP contribution < -0.4 is 0 Å². The summed E-state index contributed by atoms with van der Waals surface area (Å²) < 4.78 is 0. The van der Waals surface area contributed by atoms with Crippen LogP contribution in [0.1, 0.15) is 29.5 Å². The van der Waals surface area contributed by atoms with Gasteiger partial charge in [-0.05, 0) is 18.1 Å². The molecule has 140 valence electrons. The number of hydrogen-bond donors (Lipinski definition) is 1. The maximum absolute atomic E-state index is 11.4. The molecule has 4 nitrogen and oxygen atoms in total. The Morgan fingerprint density at radius 3 is 1.82 bits per heavy atom. The molecule has 0 spiro atoms. The first kappa shape index (κ1) is 18.4. The van der Waals surface area contributed by atoms with Crippen molar-refractivity contribution in [3.63, 3.8) is 0 Å². The number of hydrogen-bond acceptors (Lipinski definition) is 4. The second kappa shape index (κ2) is 7.21. The lowest BCUT2D eigenvalue weighted by Crippen LogP contribution is -2.53. The summed E-state index contributed by atoms with van der Waals surface area (Å²) in [7, 11) is 0. The average Bonchev–Trinajstić information content (AvgIpc) is 2.77. The molecule has 3 aromatic carbocycles. The van der Waals surface area contributed by atoms with Crippen molar-refractivity contribution in [2.45, 2.75) is 24.2 Å². The zero-order chi connectivity index (χ0) is 19.6. The Labute approximate surface area is 164 Å². The van der Waals surface area contributed by atoms with E-state index in [0.717, 1.165) is 11.1 Å². The van der Waals surface area contributed by atoms with Crippen molar-refractivity contribution in [2.24, 2.45) is 5.92 Å². The molecular formula is C24H21NO3. The van der Waals surface area contributed by atoms with Crippen LogP contribution in [0.5, 0.6) is 0 Å². The summed E-state index contributed by atoms with van der Waals surface area (Å²) in [4.78, 5) is 11.5. The average molecular weight is 371 g/mol. The molecule has 28 heavy (non-hydrogen) atoms. The molecule has 1 aliphatic rings. The fourth-order valence-electron chi connectivity index (χ4n) is 4.03. The minimum absolute atomic E-state index is 0.458. The van der Waals surface area contributed by atoms with Crippen molar-refractivity contribution in [1.82, 2.24) is 0 Å². The molecule has 0 radical (unpaired) electrons. The van der Waals surface area contributed by atoms with Crippen LogP contribution >= 0.6 is 0 Å². The lowest BCUT2D eigenvalue weighted by Gasteiger charge is -2.49. The Morgan fingerprint density at radius 2 is 1.29 bits per heavy atom. The molecule has 4 atom stereocenters. The molecule has 0 aliphatic carbocycles. The van der Waals surface area contributed by atoms with Gasteiger partial charge in [0, 0.05) is 11.5 Å². The van der Waals surface area contributed by atoms with Gasteiger partial charge in [-0.25, -0.2) is 4.89 Å². The monoisotopic (exact) mass is 371 g/mol. The third-order valence-corrected chi connectivity index (χ3v) is 5.52. The number of aliphatic hydroxyl groups is 1. The van der Waals surface area contributed by atoms with Gasteiger partial charge in [0.25, 0.3) is 0 Å². The summed E-state index contributed by atoms with van der Waals surface area (Å²) in [6.45, 7) is 1.90. The van der Waals surface area contributed by atoms with E-state index in [0.29, 0.717) is 5.56 Å². The van der Waals surface area contributed by atoms with E-state index in [1.807, 2.05) is 73.7 Å². The van der Waals surface area contributed by atoms with E-state index in [1.54, 1.807) is 24.3 Å². The van der Waals surface area contributed by atoms with Crippen molar-refractivity contribution in [2.75, 3.05) is 0 Å². The molecule has 1 N–H and O–H groups in total. The van der Waals surface area contributed by atoms with Crippen molar-refractivity contribution in [1.29, 1.82) is 5.26 Å². The summed E-state index contributed by atoms with van der Waals surface area (Å²) in [5.41, 5.74) is 1.30. The predicted octanol–water partition coefficient (Wildman–Crippen LogP) is 4.63. The molecule has 3 aromatic rings. The number of nitriles is 1. The lowest BCUT2D eigenvalue weighted by atomic mass is 9.67. The molecular weight excluding hydrogens is 350 g/mol. The van der Waals surface area contributed by atoms with Gasteiger partial charge in [-0.15, -0.1) is 0 Å². The first-order chi connectivity index (χ1) is 13.6. The smallest absolute Gasteiger partial charge is 0.242 e. The number of nitrogens with zero attached hydrogens (tertiary/aromatic N) is 1. The molecule has 4 unspecified atom stereocenters. The molecule has 0 amide bonds. The Bertz CT molecular complexity index is 971. The van der Waals surface area contributed by atoms with Crippen LogP contribution in [0.3, 0.4) is 0 Å². The summed E-state index contributed by atoms with van der Waals surface area (Å²) in [5, 5.41) is 21.6. The summed E-state index contributed by atoms with van der Waals surface area (Å²) in [5.74, 6) is -3.23. The van der Waals surface area contributed by atoms with E-state index >= 15 is 0 Å². The molecule has 4 heteroatoms. The van der Waals surface area contributed by atoms with Crippen molar-refractivity contribution < 1.29 is 14.9 Å². The third kappa shape index (κ3) is 2.90. The second-order valence-electron chi connectivity index (χ2n) is 7.20. The Hall–Kier alpha value is -2.97. The third-order valence-electron chi connectivity index (χ3n) is 5.52. The van der Waals surface area contributed by atoms with Gasteiger partial charge in [-0.1, -0.05) is 91.0 Å². The summed E-state index contributed by atoms with van der Waals surface area (Å²) in [6.07, 6.45) is 0. The first-order valence-electron chi connectivity index (χ1n) is 9.24. The Morgan fingerprint density at radius 1 is 0.786 bits per heavy atom. The van der Waals surface area contributed by atoms with Gasteiger partial charge >= 0.3 is 0 Å². The standard InChI is InChI=1S/C24H21NO3/c1-23(19-13-7-3-8-14-19)22(18-11-5-2-6-12-18)21(17-25)24(26,28-27-23)20-15-9-4-10-16-20/h2-16,21-22,26H,1H3. The SMILES string of the molecule is CC1(c2ccccc2)OOC(O)(c2ccccc2)C(C#N)C1c1ccccc1. The van der Waals surface area contributed by atoms with Gasteiger partial charge in [0.05, 0.1) is 6.07 Å². The van der Waals surface area contributed by atoms with Crippen LogP contribution in [0.2, 0.25) is 0 Å². The maximum atomic E-state index is 11.4. The van der Waals surface area contributed by atoms with Crippen LogP contribution in [0, 0.1) is 17.2 Å².